The number of carbonyl (C=O) groups excluding carboxylic acids is 1. The number of aryl methyl sites for hydroxylation is 1. The number of aliphatic hydroxyl groups is 1. The lowest BCUT2D eigenvalue weighted by Gasteiger charge is -2.35. The van der Waals surface area contributed by atoms with E-state index >= 15 is 0 Å². The SMILES string of the molecule is Nc1cc2c(cc1N1CCOC(CO)C1)CCC(=O)N2. The number of ether oxygens (including phenoxy) is 1. The maximum Gasteiger partial charge on any atom is 0.224 e. The van der Waals surface area contributed by atoms with E-state index in [-0.39, 0.29) is 18.6 Å². The highest BCUT2D eigenvalue weighted by Crippen LogP contribution is 2.33. The number of carbonyl (C=O) groups is 1. The van der Waals surface area contributed by atoms with Crippen molar-refractivity contribution in [1.29, 1.82) is 0 Å². The number of fused-ring (bicyclic) bond motifs is 1. The van der Waals surface area contributed by atoms with Gasteiger partial charge in [0.05, 0.1) is 30.7 Å². The Kier molecular flexibility index (Phi) is 3.50. The van der Waals surface area contributed by atoms with Crippen LogP contribution in [0.25, 0.3) is 0 Å². The molecule has 0 aromatic heterocycles. The molecular formula is C14H19N3O3. The summed E-state index contributed by atoms with van der Waals surface area (Å²) in [5.74, 6) is 0.0383. The van der Waals surface area contributed by atoms with E-state index in [1.54, 1.807) is 0 Å². The zero-order valence-corrected chi connectivity index (χ0v) is 11.3. The van der Waals surface area contributed by atoms with Gasteiger partial charge < -0.3 is 25.8 Å². The van der Waals surface area contributed by atoms with Gasteiger partial charge in [-0.1, -0.05) is 0 Å². The molecule has 4 N–H and O–H groups in total. The zero-order chi connectivity index (χ0) is 14.1. The number of hydrogen-bond donors (Lipinski definition) is 3. The van der Waals surface area contributed by atoms with Crippen LogP contribution in [0.4, 0.5) is 17.1 Å². The number of nitrogen functional groups attached to an aromatic ring is 1. The molecule has 6 nitrogen and oxygen atoms in total. The van der Waals surface area contributed by atoms with E-state index in [4.69, 9.17) is 10.5 Å². The second-order valence-electron chi connectivity index (χ2n) is 5.24. The highest BCUT2D eigenvalue weighted by atomic mass is 16.5. The van der Waals surface area contributed by atoms with Crippen molar-refractivity contribution in [3.05, 3.63) is 17.7 Å². The van der Waals surface area contributed by atoms with Gasteiger partial charge in [-0.25, -0.2) is 0 Å². The summed E-state index contributed by atoms with van der Waals surface area (Å²) < 4.78 is 5.46. The summed E-state index contributed by atoms with van der Waals surface area (Å²) in [7, 11) is 0. The first-order chi connectivity index (χ1) is 9.67. The van der Waals surface area contributed by atoms with Crippen LogP contribution < -0.4 is 16.0 Å². The minimum atomic E-state index is -0.168. The molecule has 1 fully saturated rings. The minimum absolute atomic E-state index is 0.0113. The number of hydrogen-bond acceptors (Lipinski definition) is 5. The molecule has 2 heterocycles. The van der Waals surface area contributed by atoms with Gasteiger partial charge in [-0.15, -0.1) is 0 Å². The molecule has 0 saturated carbocycles. The lowest BCUT2D eigenvalue weighted by molar-refractivity contribution is -0.116. The van der Waals surface area contributed by atoms with E-state index in [2.05, 4.69) is 10.2 Å². The topological polar surface area (TPSA) is 87.8 Å². The number of anilines is 3. The predicted molar refractivity (Wildman–Crippen MR) is 76.8 cm³/mol. The standard InChI is InChI=1S/C14H19N3O3/c15-11-6-12-9(1-2-14(19)16-12)5-13(11)17-3-4-20-10(7-17)8-18/h5-6,10,18H,1-4,7-8,15H2,(H,16,19). The van der Waals surface area contributed by atoms with E-state index in [1.807, 2.05) is 12.1 Å². The molecule has 1 aromatic carbocycles. The lowest BCUT2D eigenvalue weighted by Crippen LogP contribution is -2.44. The summed E-state index contributed by atoms with van der Waals surface area (Å²) in [6.07, 6.45) is 1.08. The summed E-state index contributed by atoms with van der Waals surface area (Å²) in [6.45, 7) is 1.98. The van der Waals surface area contributed by atoms with Crippen molar-refractivity contribution in [3.63, 3.8) is 0 Å². The van der Waals surface area contributed by atoms with Crippen LogP contribution in [-0.2, 0) is 16.0 Å². The Labute approximate surface area is 117 Å². The van der Waals surface area contributed by atoms with Gasteiger partial charge in [0.15, 0.2) is 0 Å². The quantitative estimate of drug-likeness (QED) is 0.679. The lowest BCUT2D eigenvalue weighted by atomic mass is 10.0. The molecule has 1 unspecified atom stereocenters. The Bertz CT molecular complexity index is 533. The van der Waals surface area contributed by atoms with Gasteiger partial charge in [-0.3, -0.25) is 4.79 Å². The molecule has 108 valence electrons. The molecule has 0 aliphatic carbocycles. The average molecular weight is 277 g/mol. The number of amides is 1. The molecule has 2 aliphatic heterocycles. The van der Waals surface area contributed by atoms with Gasteiger partial charge in [0, 0.05) is 25.2 Å². The number of nitrogens with one attached hydrogen (secondary N) is 1. The molecule has 0 bridgehead atoms. The fraction of sp³-hybridized carbons (Fsp3) is 0.500. The maximum atomic E-state index is 11.4. The number of rotatable bonds is 2. The largest absolute Gasteiger partial charge is 0.397 e. The third-order valence-corrected chi connectivity index (χ3v) is 3.83. The smallest absolute Gasteiger partial charge is 0.224 e. The molecule has 3 rings (SSSR count). The molecule has 2 aliphatic rings. The molecule has 20 heavy (non-hydrogen) atoms. The Morgan fingerprint density at radius 1 is 1.45 bits per heavy atom. The number of benzene rings is 1. The van der Waals surface area contributed by atoms with Gasteiger partial charge in [0.2, 0.25) is 5.91 Å². The van der Waals surface area contributed by atoms with Gasteiger partial charge in [0.1, 0.15) is 0 Å². The molecule has 1 amide bonds. The van der Waals surface area contributed by atoms with Crippen molar-refractivity contribution < 1.29 is 14.6 Å². The second kappa shape index (κ2) is 5.30. The molecule has 1 aromatic rings. The van der Waals surface area contributed by atoms with Crippen molar-refractivity contribution in [1.82, 2.24) is 0 Å². The first-order valence-corrected chi connectivity index (χ1v) is 6.87. The molecule has 0 radical (unpaired) electrons. The highest BCUT2D eigenvalue weighted by molar-refractivity contribution is 5.95. The Morgan fingerprint density at radius 2 is 2.30 bits per heavy atom. The van der Waals surface area contributed by atoms with Gasteiger partial charge >= 0.3 is 0 Å². The van der Waals surface area contributed by atoms with Crippen molar-refractivity contribution >= 4 is 23.0 Å². The zero-order valence-electron chi connectivity index (χ0n) is 11.3. The minimum Gasteiger partial charge on any atom is -0.397 e. The first-order valence-electron chi connectivity index (χ1n) is 6.87. The summed E-state index contributed by atoms with van der Waals surface area (Å²) in [6, 6.07) is 3.87. The van der Waals surface area contributed by atoms with Crippen molar-refractivity contribution in [2.24, 2.45) is 0 Å². The van der Waals surface area contributed by atoms with Crippen LogP contribution in [0.1, 0.15) is 12.0 Å². The van der Waals surface area contributed by atoms with Crippen LogP contribution in [0.3, 0.4) is 0 Å². The first kappa shape index (κ1) is 13.2. The van der Waals surface area contributed by atoms with Crippen molar-refractivity contribution in [3.8, 4) is 0 Å². The Morgan fingerprint density at radius 3 is 3.10 bits per heavy atom. The van der Waals surface area contributed by atoms with E-state index in [9.17, 15) is 9.90 Å². The molecule has 0 spiro atoms. The number of nitrogens with zero attached hydrogens (tertiary/aromatic N) is 1. The van der Waals surface area contributed by atoms with E-state index < -0.39 is 0 Å². The maximum absolute atomic E-state index is 11.4. The average Bonchev–Trinajstić information content (AvgIpc) is 2.46. The van der Waals surface area contributed by atoms with Crippen LogP contribution >= 0.6 is 0 Å². The second-order valence-corrected chi connectivity index (χ2v) is 5.24. The number of nitrogens with two attached hydrogens (primary N) is 1. The van der Waals surface area contributed by atoms with Crippen LogP contribution in [0, 0.1) is 0 Å². The van der Waals surface area contributed by atoms with Crippen molar-refractivity contribution in [2.75, 3.05) is 42.3 Å². The molecule has 6 heteroatoms. The number of aliphatic hydroxyl groups excluding tert-OH is 1. The summed E-state index contributed by atoms with van der Waals surface area (Å²) in [4.78, 5) is 13.5. The third kappa shape index (κ3) is 2.44. The summed E-state index contributed by atoms with van der Waals surface area (Å²) in [5.41, 5.74) is 9.64. The van der Waals surface area contributed by atoms with Crippen LogP contribution in [-0.4, -0.2) is 43.4 Å². The van der Waals surface area contributed by atoms with Gasteiger partial charge in [-0.05, 0) is 24.1 Å². The van der Waals surface area contributed by atoms with Crippen LogP contribution in [0.2, 0.25) is 0 Å². The Balaban J connectivity index is 1.88. The summed E-state index contributed by atoms with van der Waals surface area (Å²) >= 11 is 0. The van der Waals surface area contributed by atoms with E-state index in [1.165, 1.54) is 0 Å². The number of morpholine rings is 1. The van der Waals surface area contributed by atoms with Crippen molar-refractivity contribution in [2.45, 2.75) is 18.9 Å². The van der Waals surface area contributed by atoms with Crippen LogP contribution in [0.5, 0.6) is 0 Å². The fourth-order valence-electron chi connectivity index (χ4n) is 2.75. The Hall–Kier alpha value is -1.79. The molecular weight excluding hydrogens is 258 g/mol. The van der Waals surface area contributed by atoms with E-state index in [0.29, 0.717) is 25.3 Å². The normalized spacial score (nSPS) is 22.4. The van der Waals surface area contributed by atoms with Gasteiger partial charge in [-0.2, -0.15) is 0 Å². The highest BCUT2D eigenvalue weighted by Gasteiger charge is 2.23. The fourth-order valence-corrected chi connectivity index (χ4v) is 2.75. The summed E-state index contributed by atoms with van der Waals surface area (Å²) in [5, 5.41) is 12.1. The monoisotopic (exact) mass is 277 g/mol. The van der Waals surface area contributed by atoms with E-state index in [0.717, 1.165) is 29.9 Å². The predicted octanol–water partition coefficient (Wildman–Crippen LogP) is 0.351. The molecule has 1 atom stereocenters. The van der Waals surface area contributed by atoms with Gasteiger partial charge in [0.25, 0.3) is 0 Å². The third-order valence-electron chi connectivity index (χ3n) is 3.83. The van der Waals surface area contributed by atoms with Crippen LogP contribution in [0.15, 0.2) is 12.1 Å². The molecule has 1 saturated heterocycles.